The van der Waals surface area contributed by atoms with Crippen LogP contribution in [0.2, 0.25) is 0 Å². The van der Waals surface area contributed by atoms with Crippen LogP contribution in [0.25, 0.3) is 0 Å². The monoisotopic (exact) mass is 478 g/mol. The van der Waals surface area contributed by atoms with E-state index in [2.05, 4.69) is 5.32 Å². The Kier molecular flexibility index (Phi) is 8.95. The predicted molar refractivity (Wildman–Crippen MR) is 126 cm³/mol. The fraction of sp³-hybridized carbons (Fsp3) is 0.391. The standard InChI is InChI=1S/C23H31FN4O4S/c1-6-25-23(30)18(3)27(15-19-13-11-17(2)12-14-19)22(29)16-28(33(31,32)26(4)5)21-10-8-7-9-20(21)24/h7-14,18H,6,15-16H2,1-5H3,(H,25,30)/t18-/m1/s1. The van der Waals surface area contributed by atoms with Gasteiger partial charge in [0.05, 0.1) is 5.69 Å². The molecule has 8 nitrogen and oxygen atoms in total. The van der Waals surface area contributed by atoms with Gasteiger partial charge in [-0.2, -0.15) is 12.7 Å². The van der Waals surface area contributed by atoms with Crippen molar-refractivity contribution < 1.29 is 22.4 Å². The molecule has 180 valence electrons. The largest absolute Gasteiger partial charge is 0.355 e. The third-order valence-corrected chi connectivity index (χ3v) is 6.94. The van der Waals surface area contributed by atoms with Crippen LogP contribution in [0.15, 0.2) is 48.5 Å². The lowest BCUT2D eigenvalue weighted by atomic mass is 10.1. The van der Waals surface area contributed by atoms with Crippen LogP contribution in [-0.4, -0.2) is 62.7 Å². The maximum Gasteiger partial charge on any atom is 0.304 e. The van der Waals surface area contributed by atoms with Gasteiger partial charge in [-0.1, -0.05) is 42.0 Å². The minimum atomic E-state index is -4.20. The van der Waals surface area contributed by atoms with Crippen LogP contribution in [0.1, 0.15) is 25.0 Å². The van der Waals surface area contributed by atoms with Crippen molar-refractivity contribution in [3.63, 3.8) is 0 Å². The molecule has 2 aromatic carbocycles. The molecule has 1 atom stereocenters. The van der Waals surface area contributed by atoms with Gasteiger partial charge in [-0.25, -0.2) is 8.70 Å². The van der Waals surface area contributed by atoms with Gasteiger partial charge in [-0.3, -0.25) is 9.59 Å². The van der Waals surface area contributed by atoms with E-state index in [4.69, 9.17) is 0 Å². The predicted octanol–water partition coefficient (Wildman–Crippen LogP) is 2.30. The highest BCUT2D eigenvalue weighted by Crippen LogP contribution is 2.23. The number of benzene rings is 2. The van der Waals surface area contributed by atoms with Gasteiger partial charge in [0, 0.05) is 27.2 Å². The van der Waals surface area contributed by atoms with Crippen LogP contribution >= 0.6 is 0 Å². The Morgan fingerprint density at radius 1 is 1.06 bits per heavy atom. The van der Waals surface area contributed by atoms with E-state index in [9.17, 15) is 22.4 Å². The molecule has 0 aromatic heterocycles. The number of likely N-dealkylation sites (N-methyl/N-ethyl adjacent to an activating group) is 1. The highest BCUT2D eigenvalue weighted by molar-refractivity contribution is 7.90. The van der Waals surface area contributed by atoms with Crippen molar-refractivity contribution in [2.45, 2.75) is 33.4 Å². The number of carbonyl (C=O) groups is 2. The number of nitrogens with zero attached hydrogens (tertiary/aromatic N) is 3. The first-order valence-electron chi connectivity index (χ1n) is 10.6. The topological polar surface area (TPSA) is 90.0 Å². The Hall–Kier alpha value is -2.98. The quantitative estimate of drug-likeness (QED) is 0.568. The normalized spacial score (nSPS) is 12.3. The van der Waals surface area contributed by atoms with Gasteiger partial charge in [0.1, 0.15) is 18.4 Å². The van der Waals surface area contributed by atoms with Gasteiger partial charge in [0.15, 0.2) is 0 Å². The lowest BCUT2D eigenvalue weighted by Gasteiger charge is -2.32. The van der Waals surface area contributed by atoms with Gasteiger partial charge >= 0.3 is 10.2 Å². The van der Waals surface area contributed by atoms with Gasteiger partial charge in [-0.15, -0.1) is 0 Å². The first-order chi connectivity index (χ1) is 15.5. The molecule has 0 bridgehead atoms. The maximum atomic E-state index is 14.5. The van der Waals surface area contributed by atoms with Gasteiger partial charge in [0.2, 0.25) is 11.8 Å². The highest BCUT2D eigenvalue weighted by Gasteiger charge is 2.33. The Balaban J connectivity index is 2.45. The Morgan fingerprint density at radius 2 is 1.67 bits per heavy atom. The molecule has 2 amide bonds. The second kappa shape index (κ2) is 11.2. The van der Waals surface area contributed by atoms with E-state index in [0.29, 0.717) is 6.54 Å². The SMILES string of the molecule is CCNC(=O)[C@@H](C)N(Cc1ccc(C)cc1)C(=O)CN(c1ccccc1F)S(=O)(=O)N(C)C. The molecule has 0 saturated heterocycles. The lowest BCUT2D eigenvalue weighted by Crippen LogP contribution is -2.52. The van der Waals surface area contributed by atoms with Crippen LogP contribution in [0.3, 0.4) is 0 Å². The first-order valence-corrected chi connectivity index (χ1v) is 12.0. The number of hydrogen-bond donors (Lipinski definition) is 1. The zero-order valence-corrected chi connectivity index (χ0v) is 20.4. The zero-order chi connectivity index (χ0) is 24.8. The van der Waals surface area contributed by atoms with Gasteiger partial charge < -0.3 is 10.2 Å². The van der Waals surface area contributed by atoms with E-state index >= 15 is 0 Å². The molecule has 0 fully saturated rings. The number of carbonyl (C=O) groups excluding carboxylic acids is 2. The number of rotatable bonds is 10. The highest BCUT2D eigenvalue weighted by atomic mass is 32.2. The number of anilines is 1. The van der Waals surface area contributed by atoms with Gasteiger partial charge in [-0.05, 0) is 38.5 Å². The van der Waals surface area contributed by atoms with Crippen molar-refractivity contribution >= 4 is 27.7 Å². The average Bonchev–Trinajstić information content (AvgIpc) is 2.77. The molecule has 0 radical (unpaired) electrons. The molecule has 2 aromatic rings. The molecular formula is C23H31FN4O4S. The summed E-state index contributed by atoms with van der Waals surface area (Å²) in [5.41, 5.74) is 1.56. The number of halogens is 1. The molecule has 33 heavy (non-hydrogen) atoms. The van der Waals surface area contributed by atoms with Crippen LogP contribution in [0.4, 0.5) is 10.1 Å². The summed E-state index contributed by atoms with van der Waals surface area (Å²) in [5.74, 6) is -1.79. The van der Waals surface area contributed by atoms with E-state index in [1.807, 2.05) is 31.2 Å². The number of amides is 2. The Morgan fingerprint density at radius 3 is 2.21 bits per heavy atom. The summed E-state index contributed by atoms with van der Waals surface area (Å²) in [6.45, 7) is 5.07. The molecular weight excluding hydrogens is 447 g/mol. The maximum absolute atomic E-state index is 14.5. The lowest BCUT2D eigenvalue weighted by molar-refractivity contribution is -0.139. The van der Waals surface area contributed by atoms with E-state index < -0.39 is 34.5 Å². The molecule has 0 aliphatic rings. The number of nitrogens with one attached hydrogen (secondary N) is 1. The molecule has 0 aliphatic heterocycles. The van der Waals surface area contributed by atoms with Gasteiger partial charge in [0.25, 0.3) is 0 Å². The van der Waals surface area contributed by atoms with Crippen molar-refractivity contribution in [1.29, 1.82) is 0 Å². The second-order valence-corrected chi connectivity index (χ2v) is 9.89. The molecule has 0 unspecified atom stereocenters. The van der Waals surface area contributed by atoms with E-state index in [-0.39, 0.29) is 18.1 Å². The zero-order valence-electron chi connectivity index (χ0n) is 19.6. The van der Waals surface area contributed by atoms with Crippen LogP contribution in [0, 0.1) is 12.7 Å². The first kappa shape index (κ1) is 26.3. The minimum Gasteiger partial charge on any atom is -0.355 e. The summed E-state index contributed by atoms with van der Waals surface area (Å²) in [6, 6.07) is 11.9. The minimum absolute atomic E-state index is 0.0878. The summed E-state index contributed by atoms with van der Waals surface area (Å²) in [4.78, 5) is 27.3. The number of hydrogen-bond acceptors (Lipinski definition) is 4. The summed E-state index contributed by atoms with van der Waals surface area (Å²) in [5, 5.41) is 2.69. The summed E-state index contributed by atoms with van der Waals surface area (Å²) >= 11 is 0. The molecule has 2 rings (SSSR count). The summed E-state index contributed by atoms with van der Waals surface area (Å²) < 4.78 is 42.1. The molecule has 10 heteroatoms. The average molecular weight is 479 g/mol. The Labute approximate surface area is 195 Å². The van der Waals surface area contributed by atoms with Crippen LogP contribution < -0.4 is 9.62 Å². The van der Waals surface area contributed by atoms with Crippen molar-refractivity contribution in [3.05, 3.63) is 65.5 Å². The van der Waals surface area contributed by atoms with Crippen LogP contribution in [-0.2, 0) is 26.3 Å². The smallest absolute Gasteiger partial charge is 0.304 e. The third-order valence-electron chi connectivity index (χ3n) is 5.13. The summed E-state index contributed by atoms with van der Waals surface area (Å²) in [6.07, 6.45) is 0. The van der Waals surface area contributed by atoms with E-state index in [0.717, 1.165) is 25.8 Å². The Bertz CT molecular complexity index is 1070. The van der Waals surface area contributed by atoms with Crippen molar-refractivity contribution in [1.82, 2.24) is 14.5 Å². The molecule has 0 heterocycles. The molecule has 1 N–H and O–H groups in total. The fourth-order valence-corrected chi connectivity index (χ4v) is 4.22. The molecule has 0 spiro atoms. The summed E-state index contributed by atoms with van der Waals surface area (Å²) in [7, 11) is -1.60. The van der Waals surface area contributed by atoms with E-state index in [1.54, 1.807) is 13.8 Å². The van der Waals surface area contributed by atoms with Crippen LogP contribution in [0.5, 0.6) is 0 Å². The molecule has 0 saturated carbocycles. The third kappa shape index (κ3) is 6.52. The second-order valence-electron chi connectivity index (χ2n) is 7.83. The molecule has 0 aliphatic carbocycles. The number of aryl methyl sites for hydroxylation is 1. The number of para-hydroxylation sites is 1. The fourth-order valence-electron chi connectivity index (χ4n) is 3.15. The van der Waals surface area contributed by atoms with Crippen molar-refractivity contribution in [2.75, 3.05) is 31.5 Å². The van der Waals surface area contributed by atoms with E-state index in [1.165, 1.54) is 37.2 Å². The van der Waals surface area contributed by atoms with Crippen molar-refractivity contribution in [2.24, 2.45) is 0 Å². The van der Waals surface area contributed by atoms with Crippen molar-refractivity contribution in [3.8, 4) is 0 Å².